The Morgan fingerprint density at radius 1 is 1.37 bits per heavy atom. The summed E-state index contributed by atoms with van der Waals surface area (Å²) < 4.78 is 5.36. The van der Waals surface area contributed by atoms with Gasteiger partial charge < -0.3 is 14.7 Å². The van der Waals surface area contributed by atoms with E-state index in [1.807, 2.05) is 25.1 Å². The van der Waals surface area contributed by atoms with Crippen molar-refractivity contribution in [3.63, 3.8) is 0 Å². The van der Waals surface area contributed by atoms with Crippen molar-refractivity contribution in [2.75, 3.05) is 13.2 Å². The van der Waals surface area contributed by atoms with E-state index < -0.39 is 12.0 Å². The third-order valence-electron chi connectivity index (χ3n) is 3.38. The number of amides is 1. The molecule has 0 spiro atoms. The number of para-hydroxylation sites is 1. The van der Waals surface area contributed by atoms with Gasteiger partial charge in [-0.05, 0) is 24.5 Å². The fraction of sp³-hybridized carbons (Fsp3) is 0.429. The number of hydrogen-bond donors (Lipinski definition) is 1. The van der Waals surface area contributed by atoms with Crippen LogP contribution in [0.5, 0.6) is 5.75 Å². The molecule has 5 nitrogen and oxygen atoms in total. The largest absolute Gasteiger partial charge is 0.484 e. The number of aliphatic carboxylic acids is 1. The number of ether oxygens (including phenoxy) is 1. The van der Waals surface area contributed by atoms with Crippen LogP contribution in [-0.4, -0.2) is 41.1 Å². The fourth-order valence-electron chi connectivity index (χ4n) is 2.35. The molecule has 0 saturated carbocycles. The van der Waals surface area contributed by atoms with E-state index in [1.54, 1.807) is 12.1 Å². The van der Waals surface area contributed by atoms with Crippen molar-refractivity contribution >= 4 is 11.9 Å². The Morgan fingerprint density at radius 2 is 2.05 bits per heavy atom. The minimum atomic E-state index is -0.946. The summed E-state index contributed by atoms with van der Waals surface area (Å²) in [6.07, 6.45) is 0.716. The van der Waals surface area contributed by atoms with Crippen LogP contribution in [0.4, 0.5) is 0 Å². The van der Waals surface area contributed by atoms with E-state index in [0.29, 0.717) is 18.7 Å². The van der Waals surface area contributed by atoms with Crippen LogP contribution in [0.2, 0.25) is 0 Å². The van der Waals surface area contributed by atoms with Crippen molar-refractivity contribution in [3.8, 4) is 5.75 Å². The smallest absolute Gasteiger partial charge is 0.326 e. The van der Waals surface area contributed by atoms with Crippen molar-refractivity contribution in [1.82, 2.24) is 4.90 Å². The highest BCUT2D eigenvalue weighted by Gasteiger charge is 2.39. The SMILES string of the molecule is CC1CCN(C(=O)COc2ccccc2)C1C(=O)O. The summed E-state index contributed by atoms with van der Waals surface area (Å²) in [5.41, 5.74) is 0. The molecule has 0 radical (unpaired) electrons. The molecule has 1 aliphatic heterocycles. The number of carbonyl (C=O) groups excluding carboxylic acids is 1. The monoisotopic (exact) mass is 263 g/mol. The quantitative estimate of drug-likeness (QED) is 0.891. The second kappa shape index (κ2) is 5.73. The van der Waals surface area contributed by atoms with Gasteiger partial charge in [-0.2, -0.15) is 0 Å². The van der Waals surface area contributed by atoms with E-state index in [4.69, 9.17) is 9.84 Å². The van der Waals surface area contributed by atoms with E-state index in [0.717, 1.165) is 0 Å². The zero-order valence-corrected chi connectivity index (χ0v) is 10.8. The van der Waals surface area contributed by atoms with Crippen LogP contribution < -0.4 is 4.74 Å². The summed E-state index contributed by atoms with van der Waals surface area (Å²) in [6, 6.07) is 8.28. The first-order valence-electron chi connectivity index (χ1n) is 6.29. The lowest BCUT2D eigenvalue weighted by Gasteiger charge is -2.23. The molecular formula is C14H17NO4. The van der Waals surface area contributed by atoms with Crippen LogP contribution in [0.1, 0.15) is 13.3 Å². The van der Waals surface area contributed by atoms with Crippen molar-refractivity contribution in [1.29, 1.82) is 0 Å². The average molecular weight is 263 g/mol. The predicted octanol–water partition coefficient (Wildman–Crippen LogP) is 1.39. The van der Waals surface area contributed by atoms with Gasteiger partial charge >= 0.3 is 5.97 Å². The maximum Gasteiger partial charge on any atom is 0.326 e. The number of carbonyl (C=O) groups is 2. The molecule has 1 saturated heterocycles. The van der Waals surface area contributed by atoms with E-state index in [9.17, 15) is 9.59 Å². The number of nitrogens with zero attached hydrogens (tertiary/aromatic N) is 1. The van der Waals surface area contributed by atoms with Crippen LogP contribution in [-0.2, 0) is 9.59 Å². The lowest BCUT2D eigenvalue weighted by Crippen LogP contribution is -2.44. The van der Waals surface area contributed by atoms with Crippen LogP contribution in [0.25, 0.3) is 0 Å². The van der Waals surface area contributed by atoms with Gasteiger partial charge in [-0.15, -0.1) is 0 Å². The van der Waals surface area contributed by atoms with Gasteiger partial charge in [0.05, 0.1) is 0 Å². The number of carboxylic acids is 1. The maximum atomic E-state index is 12.0. The van der Waals surface area contributed by atoms with Gasteiger partial charge in [-0.25, -0.2) is 4.79 Å². The molecule has 1 heterocycles. The molecule has 2 unspecified atom stereocenters. The van der Waals surface area contributed by atoms with Crippen molar-refractivity contribution < 1.29 is 19.4 Å². The van der Waals surface area contributed by atoms with Gasteiger partial charge in [0.25, 0.3) is 5.91 Å². The first-order valence-corrected chi connectivity index (χ1v) is 6.29. The minimum absolute atomic E-state index is 0.0156. The average Bonchev–Trinajstić information content (AvgIpc) is 2.79. The Labute approximate surface area is 111 Å². The van der Waals surface area contributed by atoms with Gasteiger partial charge in [0.1, 0.15) is 11.8 Å². The fourth-order valence-corrected chi connectivity index (χ4v) is 2.35. The van der Waals surface area contributed by atoms with Crippen molar-refractivity contribution in [3.05, 3.63) is 30.3 Å². The lowest BCUT2D eigenvalue weighted by atomic mass is 10.0. The van der Waals surface area contributed by atoms with Crippen LogP contribution in [0.3, 0.4) is 0 Å². The molecule has 0 aliphatic carbocycles. The van der Waals surface area contributed by atoms with Crippen LogP contribution in [0, 0.1) is 5.92 Å². The van der Waals surface area contributed by atoms with Crippen molar-refractivity contribution in [2.45, 2.75) is 19.4 Å². The van der Waals surface area contributed by atoms with Gasteiger partial charge in [-0.3, -0.25) is 4.79 Å². The molecule has 2 rings (SSSR count). The Morgan fingerprint density at radius 3 is 2.68 bits per heavy atom. The number of hydrogen-bond acceptors (Lipinski definition) is 3. The van der Waals surface area contributed by atoms with Crippen molar-refractivity contribution in [2.24, 2.45) is 5.92 Å². The molecule has 19 heavy (non-hydrogen) atoms. The third-order valence-corrected chi connectivity index (χ3v) is 3.38. The highest BCUT2D eigenvalue weighted by atomic mass is 16.5. The van der Waals surface area contributed by atoms with Gasteiger partial charge in [0.15, 0.2) is 6.61 Å². The summed E-state index contributed by atoms with van der Waals surface area (Å²) in [7, 11) is 0. The molecule has 102 valence electrons. The Kier molecular flexibility index (Phi) is 4.04. The molecule has 0 bridgehead atoms. The molecule has 0 aromatic heterocycles. The first-order chi connectivity index (χ1) is 9.09. The van der Waals surface area contributed by atoms with Gasteiger partial charge in [-0.1, -0.05) is 25.1 Å². The molecule has 1 aromatic carbocycles. The van der Waals surface area contributed by atoms with E-state index >= 15 is 0 Å². The van der Waals surface area contributed by atoms with Crippen LogP contribution in [0.15, 0.2) is 30.3 Å². The number of rotatable bonds is 4. The highest BCUT2D eigenvalue weighted by Crippen LogP contribution is 2.24. The van der Waals surface area contributed by atoms with Gasteiger partial charge in [0.2, 0.25) is 0 Å². The summed E-state index contributed by atoms with van der Waals surface area (Å²) in [5, 5.41) is 9.15. The Bertz CT molecular complexity index is 460. The third kappa shape index (κ3) is 3.05. The van der Waals surface area contributed by atoms with E-state index in [1.165, 1.54) is 4.90 Å². The normalized spacial score (nSPS) is 22.3. The molecule has 5 heteroatoms. The Balaban J connectivity index is 1.95. The topological polar surface area (TPSA) is 66.8 Å². The Hall–Kier alpha value is -2.04. The molecule has 1 N–H and O–H groups in total. The predicted molar refractivity (Wildman–Crippen MR) is 68.9 cm³/mol. The first kappa shape index (κ1) is 13.4. The molecular weight excluding hydrogens is 246 g/mol. The zero-order valence-electron chi connectivity index (χ0n) is 10.8. The van der Waals surface area contributed by atoms with Crippen LogP contribution >= 0.6 is 0 Å². The van der Waals surface area contributed by atoms with Gasteiger partial charge in [0, 0.05) is 6.54 Å². The summed E-state index contributed by atoms with van der Waals surface area (Å²) in [4.78, 5) is 24.6. The zero-order chi connectivity index (χ0) is 13.8. The van der Waals surface area contributed by atoms with E-state index in [2.05, 4.69) is 0 Å². The number of likely N-dealkylation sites (tertiary alicyclic amines) is 1. The minimum Gasteiger partial charge on any atom is -0.484 e. The molecule has 1 aromatic rings. The molecule has 1 aliphatic rings. The summed E-state index contributed by atoms with van der Waals surface area (Å²) >= 11 is 0. The molecule has 1 amide bonds. The standard InChI is InChI=1S/C14H17NO4/c1-10-7-8-15(13(10)14(17)18)12(16)9-19-11-5-3-2-4-6-11/h2-6,10,13H,7-9H2,1H3,(H,17,18). The maximum absolute atomic E-state index is 12.0. The summed E-state index contributed by atoms with van der Waals surface area (Å²) in [6.45, 7) is 2.21. The second-order valence-corrected chi connectivity index (χ2v) is 4.74. The van der Waals surface area contributed by atoms with E-state index in [-0.39, 0.29) is 18.4 Å². The lowest BCUT2D eigenvalue weighted by molar-refractivity contribution is -0.150. The second-order valence-electron chi connectivity index (χ2n) is 4.74. The summed E-state index contributed by atoms with van der Waals surface area (Å²) in [5.74, 6) is -0.633. The number of carboxylic acid groups (broad SMARTS) is 1. The highest BCUT2D eigenvalue weighted by molar-refractivity contribution is 5.85. The molecule has 2 atom stereocenters. The number of benzene rings is 1. The molecule has 1 fully saturated rings.